The summed E-state index contributed by atoms with van der Waals surface area (Å²) in [4.78, 5) is 12.4. The number of carbonyl (C=O) groups excluding carboxylic acids is 1. The van der Waals surface area contributed by atoms with Crippen molar-refractivity contribution in [3.05, 3.63) is 71.3 Å². The summed E-state index contributed by atoms with van der Waals surface area (Å²) in [6, 6.07) is 17.9. The van der Waals surface area contributed by atoms with Gasteiger partial charge in [0.05, 0.1) is 6.21 Å². The number of hydrazone groups is 1. The average Bonchev–Trinajstić information content (AvgIpc) is 3.14. The van der Waals surface area contributed by atoms with Crippen LogP contribution in [-0.4, -0.2) is 24.8 Å². The van der Waals surface area contributed by atoms with Crippen molar-refractivity contribution in [2.75, 3.05) is 6.61 Å². The van der Waals surface area contributed by atoms with Crippen LogP contribution < -0.4 is 14.9 Å². The van der Waals surface area contributed by atoms with Gasteiger partial charge < -0.3 is 9.47 Å². The lowest BCUT2D eigenvalue weighted by Gasteiger charge is -2.24. The number of hydrogen-bond donors (Lipinski definition) is 1. The fraction of sp³-hybridized carbons (Fsp3) is 0.182. The molecule has 2 aliphatic rings. The molecule has 0 bridgehead atoms. The molecule has 1 aliphatic heterocycles. The molecule has 134 valence electrons. The topological polar surface area (TPSA) is 59.9 Å². The minimum absolute atomic E-state index is 0.166. The number of amides is 1. The van der Waals surface area contributed by atoms with Gasteiger partial charge in [-0.25, -0.2) is 5.43 Å². The zero-order valence-corrected chi connectivity index (χ0v) is 14.6. The Kier molecular flexibility index (Phi) is 3.78. The Bertz CT molecular complexity index is 1060. The monoisotopic (exact) mass is 358 g/mol. The number of nitrogens with zero attached hydrogens (tertiary/aromatic N) is 1. The highest BCUT2D eigenvalue weighted by molar-refractivity contribution is 6.03. The first-order valence-corrected chi connectivity index (χ1v) is 9.04. The van der Waals surface area contributed by atoms with E-state index < -0.39 is 6.10 Å². The van der Waals surface area contributed by atoms with Crippen LogP contribution in [0.4, 0.5) is 0 Å². The average molecular weight is 358 g/mol. The highest BCUT2D eigenvalue weighted by Gasteiger charge is 2.27. The first kappa shape index (κ1) is 15.9. The summed E-state index contributed by atoms with van der Waals surface area (Å²) < 4.78 is 11.3. The number of aryl methyl sites for hydroxylation is 2. The lowest BCUT2D eigenvalue weighted by Crippen LogP contribution is -2.42. The maximum Gasteiger partial charge on any atom is 0.284 e. The lowest BCUT2D eigenvalue weighted by molar-refractivity contribution is -0.130. The Morgan fingerprint density at radius 2 is 1.81 bits per heavy atom. The minimum atomic E-state index is -0.718. The fourth-order valence-electron chi connectivity index (χ4n) is 3.77. The standard InChI is InChI=1S/C22H18N2O3/c25-22(20-13-26-18-6-1-2-7-19(18)27-20)24-23-12-16-11-10-15-9-8-14-4-3-5-17(16)21(14)15/h1-7,10-12,20H,8-9,13H2,(H,24,25). The smallest absolute Gasteiger partial charge is 0.284 e. The molecule has 1 aliphatic carbocycles. The normalized spacial score (nSPS) is 17.4. The van der Waals surface area contributed by atoms with Gasteiger partial charge in [-0.15, -0.1) is 0 Å². The summed E-state index contributed by atoms with van der Waals surface area (Å²) >= 11 is 0. The van der Waals surface area contributed by atoms with Crippen molar-refractivity contribution in [3.8, 4) is 11.5 Å². The zero-order valence-electron chi connectivity index (χ0n) is 14.6. The van der Waals surface area contributed by atoms with E-state index in [1.807, 2.05) is 18.2 Å². The van der Waals surface area contributed by atoms with Crippen LogP contribution in [0.1, 0.15) is 16.7 Å². The molecule has 0 saturated carbocycles. The fourth-order valence-corrected chi connectivity index (χ4v) is 3.77. The van der Waals surface area contributed by atoms with Crippen LogP contribution in [-0.2, 0) is 17.6 Å². The summed E-state index contributed by atoms with van der Waals surface area (Å²) in [6.07, 6.45) is 3.15. The molecule has 1 atom stereocenters. The van der Waals surface area contributed by atoms with E-state index in [0.717, 1.165) is 18.4 Å². The molecular weight excluding hydrogens is 340 g/mol. The van der Waals surface area contributed by atoms with Crippen LogP contribution >= 0.6 is 0 Å². The molecule has 1 N–H and O–H groups in total. The summed E-state index contributed by atoms with van der Waals surface area (Å²) in [6.45, 7) is 0.166. The third-order valence-electron chi connectivity index (χ3n) is 5.09. The van der Waals surface area contributed by atoms with Crippen molar-refractivity contribution in [1.29, 1.82) is 0 Å². The van der Waals surface area contributed by atoms with E-state index in [0.29, 0.717) is 11.5 Å². The molecule has 0 spiro atoms. The SMILES string of the molecule is O=C(NN=Cc1ccc2c3c(cccc13)CC2)C1COc2ccccc2O1. The first-order valence-electron chi connectivity index (χ1n) is 9.04. The van der Waals surface area contributed by atoms with Gasteiger partial charge in [-0.05, 0) is 46.9 Å². The van der Waals surface area contributed by atoms with Crippen molar-refractivity contribution in [2.24, 2.45) is 5.10 Å². The van der Waals surface area contributed by atoms with Crippen LogP contribution in [0.2, 0.25) is 0 Å². The van der Waals surface area contributed by atoms with E-state index in [1.165, 1.54) is 21.9 Å². The van der Waals surface area contributed by atoms with Gasteiger partial charge in [0, 0.05) is 5.56 Å². The molecule has 5 heteroatoms. The van der Waals surface area contributed by atoms with Crippen molar-refractivity contribution in [3.63, 3.8) is 0 Å². The zero-order chi connectivity index (χ0) is 18.2. The maximum absolute atomic E-state index is 12.4. The van der Waals surface area contributed by atoms with E-state index in [2.05, 4.69) is 40.9 Å². The van der Waals surface area contributed by atoms with E-state index in [-0.39, 0.29) is 12.5 Å². The molecule has 0 fully saturated rings. The van der Waals surface area contributed by atoms with Crippen LogP contribution in [0.5, 0.6) is 11.5 Å². The van der Waals surface area contributed by atoms with E-state index in [9.17, 15) is 4.79 Å². The Hall–Kier alpha value is -3.34. The molecule has 0 saturated heterocycles. The number of para-hydroxylation sites is 2. The number of benzene rings is 3. The van der Waals surface area contributed by atoms with Gasteiger partial charge in [0.15, 0.2) is 11.5 Å². The Morgan fingerprint density at radius 3 is 2.70 bits per heavy atom. The number of nitrogens with one attached hydrogen (secondary N) is 1. The van der Waals surface area contributed by atoms with Crippen LogP contribution in [0.15, 0.2) is 59.7 Å². The second-order valence-electron chi connectivity index (χ2n) is 6.75. The Balaban J connectivity index is 1.32. The Labute approximate surface area is 156 Å². The van der Waals surface area contributed by atoms with Gasteiger partial charge in [0.1, 0.15) is 6.61 Å². The van der Waals surface area contributed by atoms with Crippen LogP contribution in [0.25, 0.3) is 10.8 Å². The van der Waals surface area contributed by atoms with E-state index in [1.54, 1.807) is 12.3 Å². The first-order chi connectivity index (χ1) is 13.3. The van der Waals surface area contributed by atoms with Crippen molar-refractivity contribution >= 4 is 22.9 Å². The van der Waals surface area contributed by atoms with Crippen LogP contribution in [0, 0.1) is 0 Å². The van der Waals surface area contributed by atoms with Gasteiger partial charge in [0.2, 0.25) is 6.10 Å². The third-order valence-corrected chi connectivity index (χ3v) is 5.09. The molecule has 1 unspecified atom stereocenters. The van der Waals surface area contributed by atoms with E-state index in [4.69, 9.17) is 9.47 Å². The molecule has 3 aromatic rings. The highest BCUT2D eigenvalue weighted by atomic mass is 16.6. The van der Waals surface area contributed by atoms with Gasteiger partial charge in [0.25, 0.3) is 5.91 Å². The summed E-state index contributed by atoms with van der Waals surface area (Å²) in [5, 5.41) is 6.64. The summed E-state index contributed by atoms with van der Waals surface area (Å²) in [5.41, 5.74) is 6.32. The van der Waals surface area contributed by atoms with Crippen molar-refractivity contribution in [1.82, 2.24) is 5.43 Å². The number of hydrogen-bond acceptors (Lipinski definition) is 4. The molecule has 3 aromatic carbocycles. The van der Waals surface area contributed by atoms with Gasteiger partial charge in [-0.3, -0.25) is 4.79 Å². The van der Waals surface area contributed by atoms with Gasteiger partial charge >= 0.3 is 0 Å². The Morgan fingerprint density at radius 1 is 1.00 bits per heavy atom. The quantitative estimate of drug-likeness (QED) is 0.578. The number of rotatable bonds is 3. The van der Waals surface area contributed by atoms with Crippen LogP contribution in [0.3, 0.4) is 0 Å². The highest BCUT2D eigenvalue weighted by Crippen LogP contribution is 2.32. The number of carbonyl (C=O) groups is 1. The second-order valence-corrected chi connectivity index (χ2v) is 6.75. The minimum Gasteiger partial charge on any atom is -0.485 e. The molecule has 27 heavy (non-hydrogen) atoms. The van der Waals surface area contributed by atoms with Crippen molar-refractivity contribution < 1.29 is 14.3 Å². The van der Waals surface area contributed by atoms with E-state index >= 15 is 0 Å². The molecule has 1 heterocycles. The maximum atomic E-state index is 12.4. The molecular formula is C22H18N2O3. The molecule has 0 radical (unpaired) electrons. The molecule has 5 nitrogen and oxygen atoms in total. The largest absolute Gasteiger partial charge is 0.485 e. The second kappa shape index (κ2) is 6.43. The summed E-state index contributed by atoms with van der Waals surface area (Å²) in [7, 11) is 0. The number of ether oxygens (including phenoxy) is 2. The third kappa shape index (κ3) is 2.81. The molecule has 0 aromatic heterocycles. The van der Waals surface area contributed by atoms with Crippen molar-refractivity contribution in [2.45, 2.75) is 18.9 Å². The predicted molar refractivity (Wildman–Crippen MR) is 103 cm³/mol. The molecule has 1 amide bonds. The predicted octanol–water partition coefficient (Wildman–Crippen LogP) is 3.23. The van der Waals surface area contributed by atoms with Gasteiger partial charge in [-0.1, -0.05) is 42.5 Å². The van der Waals surface area contributed by atoms with Gasteiger partial charge in [-0.2, -0.15) is 5.10 Å². The summed E-state index contributed by atoms with van der Waals surface area (Å²) in [5.74, 6) is 0.894. The number of fused-ring (bicyclic) bond motifs is 1. The molecule has 5 rings (SSSR count). The lowest BCUT2D eigenvalue weighted by atomic mass is 10.0.